The zero-order chi connectivity index (χ0) is 12.8. The van der Waals surface area contributed by atoms with Gasteiger partial charge in [0.2, 0.25) is 0 Å². The first kappa shape index (κ1) is 12.7. The second kappa shape index (κ2) is 6.26. The minimum Gasteiger partial charge on any atom is -0.472 e. The Bertz CT molecular complexity index is 465. The van der Waals surface area contributed by atoms with Crippen LogP contribution in [0.15, 0.2) is 47.3 Å². The number of hydrogen-bond acceptors (Lipinski definition) is 3. The van der Waals surface area contributed by atoms with Gasteiger partial charge in [-0.05, 0) is 24.2 Å². The number of benzene rings is 1. The summed E-state index contributed by atoms with van der Waals surface area (Å²) >= 11 is 0. The predicted molar refractivity (Wildman–Crippen MR) is 74.6 cm³/mol. The Balaban J connectivity index is 2.11. The van der Waals surface area contributed by atoms with Gasteiger partial charge in [0.15, 0.2) is 0 Å². The van der Waals surface area contributed by atoms with E-state index in [1.54, 1.807) is 12.5 Å². The second-order valence-corrected chi connectivity index (χ2v) is 4.40. The summed E-state index contributed by atoms with van der Waals surface area (Å²) < 4.78 is 5.11. The van der Waals surface area contributed by atoms with Gasteiger partial charge in [-0.15, -0.1) is 0 Å². The third-order valence-electron chi connectivity index (χ3n) is 2.97. The number of para-hydroxylation sites is 1. The highest BCUT2D eigenvalue weighted by Gasteiger charge is 2.07. The van der Waals surface area contributed by atoms with Crippen LogP contribution in [0.25, 0.3) is 0 Å². The van der Waals surface area contributed by atoms with Crippen molar-refractivity contribution >= 4 is 5.69 Å². The van der Waals surface area contributed by atoms with Crippen LogP contribution in [0, 0.1) is 0 Å². The molecule has 0 saturated carbocycles. The predicted octanol–water partition coefficient (Wildman–Crippen LogP) is 3.03. The number of rotatable bonds is 6. The monoisotopic (exact) mass is 244 g/mol. The molecule has 2 aromatic rings. The zero-order valence-electron chi connectivity index (χ0n) is 11.0. The molecule has 0 radical (unpaired) electrons. The lowest BCUT2D eigenvalue weighted by atomic mass is 10.1. The summed E-state index contributed by atoms with van der Waals surface area (Å²) in [5, 5.41) is 3.37. The first-order valence-corrected chi connectivity index (χ1v) is 6.32. The number of anilines is 1. The molecule has 1 aromatic carbocycles. The Morgan fingerprint density at radius 3 is 2.78 bits per heavy atom. The minimum absolute atomic E-state index is 0.861. The maximum atomic E-state index is 5.11. The van der Waals surface area contributed by atoms with E-state index < -0.39 is 0 Å². The molecule has 96 valence electrons. The highest BCUT2D eigenvalue weighted by molar-refractivity contribution is 5.53. The fraction of sp³-hybridized carbons (Fsp3) is 0.333. The van der Waals surface area contributed by atoms with Gasteiger partial charge in [-0.2, -0.15) is 0 Å². The van der Waals surface area contributed by atoms with Gasteiger partial charge in [-0.25, -0.2) is 0 Å². The fourth-order valence-corrected chi connectivity index (χ4v) is 2.03. The van der Waals surface area contributed by atoms with Gasteiger partial charge in [0.05, 0.1) is 12.5 Å². The number of furan rings is 1. The summed E-state index contributed by atoms with van der Waals surface area (Å²) in [6.45, 7) is 4.87. The number of hydrogen-bond donors (Lipinski definition) is 1. The summed E-state index contributed by atoms with van der Waals surface area (Å²) in [4.78, 5) is 2.25. The Labute approximate surface area is 108 Å². The lowest BCUT2D eigenvalue weighted by Gasteiger charge is -2.22. The van der Waals surface area contributed by atoms with Crippen LogP contribution in [0.1, 0.15) is 18.1 Å². The molecular weight excluding hydrogens is 224 g/mol. The van der Waals surface area contributed by atoms with Crippen molar-refractivity contribution in [3.8, 4) is 0 Å². The summed E-state index contributed by atoms with van der Waals surface area (Å²) in [6.07, 6.45) is 3.51. The van der Waals surface area contributed by atoms with Crippen molar-refractivity contribution in [1.82, 2.24) is 5.32 Å². The Hall–Kier alpha value is -1.74. The lowest BCUT2D eigenvalue weighted by molar-refractivity contribution is 0.563. The summed E-state index contributed by atoms with van der Waals surface area (Å²) in [5.41, 5.74) is 3.78. The molecule has 0 amide bonds. The smallest absolute Gasteiger partial charge is 0.0952 e. The Morgan fingerprint density at radius 2 is 2.06 bits per heavy atom. The first-order chi connectivity index (χ1) is 8.81. The van der Waals surface area contributed by atoms with Crippen molar-refractivity contribution in [2.45, 2.75) is 20.0 Å². The van der Waals surface area contributed by atoms with Gasteiger partial charge in [0, 0.05) is 31.4 Å². The molecule has 0 aliphatic heterocycles. The Kier molecular flexibility index (Phi) is 4.42. The van der Waals surface area contributed by atoms with Gasteiger partial charge < -0.3 is 14.6 Å². The van der Waals surface area contributed by atoms with Gasteiger partial charge >= 0.3 is 0 Å². The van der Waals surface area contributed by atoms with Crippen molar-refractivity contribution in [3.05, 3.63) is 54.0 Å². The average Bonchev–Trinajstić information content (AvgIpc) is 2.89. The van der Waals surface area contributed by atoms with Crippen LogP contribution in [0.2, 0.25) is 0 Å². The lowest BCUT2D eigenvalue weighted by Crippen LogP contribution is -2.20. The van der Waals surface area contributed by atoms with E-state index in [9.17, 15) is 0 Å². The van der Waals surface area contributed by atoms with Crippen LogP contribution in [0.5, 0.6) is 0 Å². The molecule has 0 aliphatic carbocycles. The molecule has 1 N–H and O–H groups in total. The van der Waals surface area contributed by atoms with Crippen molar-refractivity contribution in [2.75, 3.05) is 18.5 Å². The largest absolute Gasteiger partial charge is 0.472 e. The van der Waals surface area contributed by atoms with Crippen molar-refractivity contribution in [3.63, 3.8) is 0 Å². The van der Waals surface area contributed by atoms with Crippen molar-refractivity contribution in [2.24, 2.45) is 0 Å². The maximum Gasteiger partial charge on any atom is 0.0952 e. The van der Waals surface area contributed by atoms with E-state index in [1.165, 1.54) is 16.8 Å². The molecule has 0 saturated heterocycles. The molecule has 3 nitrogen and oxygen atoms in total. The van der Waals surface area contributed by atoms with E-state index in [-0.39, 0.29) is 0 Å². The number of nitrogens with zero attached hydrogens (tertiary/aromatic N) is 1. The van der Waals surface area contributed by atoms with Crippen LogP contribution >= 0.6 is 0 Å². The standard InChI is InChI=1S/C15H20N2O/c1-3-16-10-14-6-4-5-7-15(14)17(2)11-13-8-9-18-12-13/h4-9,12,16H,3,10-11H2,1-2H3. The van der Waals surface area contributed by atoms with Crippen molar-refractivity contribution in [1.29, 1.82) is 0 Å². The summed E-state index contributed by atoms with van der Waals surface area (Å²) in [5.74, 6) is 0. The highest BCUT2D eigenvalue weighted by atomic mass is 16.3. The molecule has 0 aliphatic rings. The van der Waals surface area contributed by atoms with Gasteiger partial charge in [-0.1, -0.05) is 25.1 Å². The molecule has 2 rings (SSSR count). The van der Waals surface area contributed by atoms with Gasteiger partial charge in [-0.3, -0.25) is 0 Å². The molecular formula is C15H20N2O. The molecule has 0 atom stereocenters. The van der Waals surface area contributed by atoms with Crippen LogP contribution < -0.4 is 10.2 Å². The quantitative estimate of drug-likeness (QED) is 0.846. The topological polar surface area (TPSA) is 28.4 Å². The van der Waals surface area contributed by atoms with E-state index in [0.717, 1.165) is 19.6 Å². The molecule has 3 heteroatoms. The van der Waals surface area contributed by atoms with Gasteiger partial charge in [0.1, 0.15) is 0 Å². The molecule has 0 fully saturated rings. The zero-order valence-corrected chi connectivity index (χ0v) is 11.0. The molecule has 0 bridgehead atoms. The van der Waals surface area contributed by atoms with E-state index in [2.05, 4.69) is 48.5 Å². The highest BCUT2D eigenvalue weighted by Crippen LogP contribution is 2.21. The first-order valence-electron chi connectivity index (χ1n) is 6.32. The van der Waals surface area contributed by atoms with Crippen molar-refractivity contribution < 1.29 is 4.42 Å². The minimum atomic E-state index is 0.861. The van der Waals surface area contributed by atoms with E-state index in [4.69, 9.17) is 4.42 Å². The molecule has 0 unspecified atom stereocenters. The van der Waals surface area contributed by atoms with E-state index >= 15 is 0 Å². The van der Waals surface area contributed by atoms with Crippen LogP contribution in [-0.2, 0) is 13.1 Å². The van der Waals surface area contributed by atoms with Gasteiger partial charge in [0.25, 0.3) is 0 Å². The molecule has 1 aromatic heterocycles. The number of nitrogens with one attached hydrogen (secondary N) is 1. The van der Waals surface area contributed by atoms with E-state index in [0.29, 0.717) is 0 Å². The maximum absolute atomic E-state index is 5.11. The van der Waals surface area contributed by atoms with Crippen LogP contribution in [0.3, 0.4) is 0 Å². The summed E-state index contributed by atoms with van der Waals surface area (Å²) in [6, 6.07) is 10.5. The summed E-state index contributed by atoms with van der Waals surface area (Å²) in [7, 11) is 2.11. The molecule has 18 heavy (non-hydrogen) atoms. The van der Waals surface area contributed by atoms with Crippen LogP contribution in [-0.4, -0.2) is 13.6 Å². The molecule has 1 heterocycles. The van der Waals surface area contributed by atoms with E-state index in [1.807, 2.05) is 6.07 Å². The second-order valence-electron chi connectivity index (χ2n) is 4.40. The third kappa shape index (κ3) is 3.14. The molecule has 0 spiro atoms. The SMILES string of the molecule is CCNCc1ccccc1N(C)Cc1ccoc1. The normalized spacial score (nSPS) is 10.6. The third-order valence-corrected chi connectivity index (χ3v) is 2.97. The average molecular weight is 244 g/mol. The fourth-order valence-electron chi connectivity index (χ4n) is 2.03. The van der Waals surface area contributed by atoms with Crippen LogP contribution in [0.4, 0.5) is 5.69 Å². The Morgan fingerprint density at radius 1 is 1.22 bits per heavy atom.